The molecule has 0 saturated carbocycles. The maximum Gasteiger partial charge on any atom is 0.194 e. The van der Waals surface area contributed by atoms with Gasteiger partial charge in [-0.2, -0.15) is 5.26 Å². The van der Waals surface area contributed by atoms with E-state index in [-0.39, 0.29) is 15.9 Å². The van der Waals surface area contributed by atoms with Crippen LogP contribution in [0.1, 0.15) is 72.6 Å². The van der Waals surface area contributed by atoms with Crippen LogP contribution in [0.4, 0.5) is 0 Å². The highest BCUT2D eigenvalue weighted by Crippen LogP contribution is 2.64. The third-order valence-electron chi connectivity index (χ3n) is 5.61. The van der Waals surface area contributed by atoms with Crippen LogP contribution in [0.5, 0.6) is 0 Å². The zero-order valence-electron chi connectivity index (χ0n) is 18.6. The van der Waals surface area contributed by atoms with Gasteiger partial charge in [0.25, 0.3) is 0 Å². The first-order valence-electron chi connectivity index (χ1n) is 9.63. The van der Waals surface area contributed by atoms with E-state index in [1.807, 2.05) is 36.0 Å². The Hall–Kier alpha value is -0.803. The predicted molar refractivity (Wildman–Crippen MR) is 117 cm³/mol. The van der Waals surface area contributed by atoms with E-state index in [0.29, 0.717) is 5.56 Å². The molecule has 0 aromatic heterocycles. The van der Waals surface area contributed by atoms with Gasteiger partial charge >= 0.3 is 0 Å². The molecule has 0 N–H and O–H groups in total. The van der Waals surface area contributed by atoms with Crippen LogP contribution in [0.3, 0.4) is 0 Å². The molecular formula is C22H35NO2SSi. The molecule has 0 amide bonds. The van der Waals surface area contributed by atoms with Crippen LogP contribution in [0.2, 0.25) is 18.1 Å². The van der Waals surface area contributed by atoms with E-state index in [1.165, 1.54) is 0 Å². The smallest absolute Gasteiger partial charge is 0.194 e. The van der Waals surface area contributed by atoms with Gasteiger partial charge in [-0.3, -0.25) is 0 Å². The molecule has 1 saturated heterocycles. The first-order valence-corrected chi connectivity index (χ1v) is 13.4. The molecule has 1 heterocycles. The fraction of sp³-hybridized carbons (Fsp3) is 0.682. The number of hydrogen-bond donors (Lipinski definition) is 0. The topological polar surface area (TPSA) is 42.2 Å². The molecule has 2 atom stereocenters. The van der Waals surface area contributed by atoms with Gasteiger partial charge in [0.15, 0.2) is 13.3 Å². The molecule has 0 radical (unpaired) electrons. The maximum absolute atomic E-state index is 9.11. The minimum absolute atomic E-state index is 0.0221. The van der Waals surface area contributed by atoms with E-state index in [9.17, 15) is 0 Å². The van der Waals surface area contributed by atoms with Crippen molar-refractivity contribution < 1.29 is 9.16 Å². The molecule has 0 spiro atoms. The van der Waals surface area contributed by atoms with Gasteiger partial charge in [-0.25, -0.2) is 0 Å². The first kappa shape index (κ1) is 22.5. The van der Waals surface area contributed by atoms with Crippen molar-refractivity contribution in [1.29, 1.82) is 5.26 Å². The lowest BCUT2D eigenvalue weighted by molar-refractivity contribution is -0.291. The average Bonchev–Trinajstić information content (AvgIpc) is 2.49. The van der Waals surface area contributed by atoms with Crippen molar-refractivity contribution in [2.45, 2.75) is 94.9 Å². The summed E-state index contributed by atoms with van der Waals surface area (Å²) in [6.45, 7) is 22.4. The van der Waals surface area contributed by atoms with E-state index in [4.69, 9.17) is 14.4 Å². The highest BCUT2D eigenvalue weighted by molar-refractivity contribution is 8.02. The fourth-order valence-corrected chi connectivity index (χ4v) is 6.80. The van der Waals surface area contributed by atoms with E-state index in [0.717, 1.165) is 5.56 Å². The minimum atomic E-state index is -2.04. The van der Waals surface area contributed by atoms with Crippen molar-refractivity contribution in [3.8, 4) is 6.07 Å². The Kier molecular flexibility index (Phi) is 5.76. The van der Waals surface area contributed by atoms with Crippen LogP contribution in [-0.4, -0.2) is 23.6 Å². The molecule has 1 aliphatic rings. The Morgan fingerprint density at radius 2 is 1.59 bits per heavy atom. The monoisotopic (exact) mass is 405 g/mol. The molecule has 0 bridgehead atoms. The lowest BCUT2D eigenvalue weighted by Gasteiger charge is -2.64. The quantitative estimate of drug-likeness (QED) is 0.415. The second-order valence-corrected chi connectivity index (χ2v) is 17.2. The standard InChI is InChI=1S/C22H35NO2SSi/c1-19(2,3)26-22(25-27(9,10)20(4,5)6)18(24-21(22,7)8)17-13-11-16(15-23)12-14-17/h11-14,18H,1-10H3/t18-,22+/m1/s1. The summed E-state index contributed by atoms with van der Waals surface area (Å²) in [6, 6.07) is 9.93. The average molecular weight is 406 g/mol. The predicted octanol–water partition coefficient (Wildman–Crippen LogP) is 6.66. The molecule has 5 heteroatoms. The molecule has 3 nitrogen and oxygen atoms in total. The van der Waals surface area contributed by atoms with Gasteiger partial charge < -0.3 is 9.16 Å². The van der Waals surface area contributed by atoms with Crippen molar-refractivity contribution in [3.63, 3.8) is 0 Å². The van der Waals surface area contributed by atoms with Crippen LogP contribution in [0, 0.1) is 11.3 Å². The Balaban J connectivity index is 2.54. The zero-order valence-corrected chi connectivity index (χ0v) is 20.4. The van der Waals surface area contributed by atoms with E-state index in [1.54, 1.807) is 0 Å². The van der Waals surface area contributed by atoms with Crippen molar-refractivity contribution >= 4 is 20.1 Å². The van der Waals surface area contributed by atoms with Gasteiger partial charge in [0.05, 0.1) is 11.6 Å². The molecule has 0 unspecified atom stereocenters. The van der Waals surface area contributed by atoms with Crippen LogP contribution >= 0.6 is 11.8 Å². The van der Waals surface area contributed by atoms with Crippen LogP contribution in [-0.2, 0) is 9.16 Å². The van der Waals surface area contributed by atoms with Crippen LogP contribution < -0.4 is 0 Å². The number of thioether (sulfide) groups is 1. The third kappa shape index (κ3) is 4.29. The number of ether oxygens (including phenoxy) is 1. The highest BCUT2D eigenvalue weighted by atomic mass is 32.2. The number of benzene rings is 1. The Labute approximate surface area is 171 Å². The van der Waals surface area contributed by atoms with Gasteiger partial charge in [-0.05, 0) is 49.7 Å². The summed E-state index contributed by atoms with van der Waals surface area (Å²) in [7, 11) is -2.04. The number of rotatable bonds is 4. The van der Waals surface area contributed by atoms with Crippen molar-refractivity contribution in [2.75, 3.05) is 0 Å². The number of hydrogen-bond acceptors (Lipinski definition) is 4. The summed E-state index contributed by atoms with van der Waals surface area (Å²) in [5.74, 6) is 0. The van der Waals surface area contributed by atoms with Crippen molar-refractivity contribution in [3.05, 3.63) is 35.4 Å². The summed E-state index contributed by atoms with van der Waals surface area (Å²) in [5.41, 5.74) is 1.33. The zero-order chi connectivity index (χ0) is 20.9. The Morgan fingerprint density at radius 1 is 1.07 bits per heavy atom. The van der Waals surface area contributed by atoms with Crippen molar-refractivity contribution in [1.82, 2.24) is 0 Å². The molecule has 1 aliphatic heterocycles. The number of nitrogens with zero attached hydrogens (tertiary/aromatic N) is 1. The molecule has 2 rings (SSSR count). The van der Waals surface area contributed by atoms with Crippen LogP contribution in [0.15, 0.2) is 24.3 Å². The normalized spacial score (nSPS) is 25.6. The number of nitriles is 1. The van der Waals surface area contributed by atoms with E-state index >= 15 is 0 Å². The summed E-state index contributed by atoms with van der Waals surface area (Å²) in [4.78, 5) is -0.470. The largest absolute Gasteiger partial charge is 0.398 e. The van der Waals surface area contributed by atoms with Gasteiger partial charge in [0.2, 0.25) is 0 Å². The van der Waals surface area contributed by atoms with Gasteiger partial charge in [-0.1, -0.05) is 53.7 Å². The lowest BCUT2D eigenvalue weighted by atomic mass is 9.84. The molecule has 27 heavy (non-hydrogen) atoms. The van der Waals surface area contributed by atoms with Gasteiger partial charge in [0.1, 0.15) is 11.7 Å². The minimum Gasteiger partial charge on any atom is -0.398 e. The fourth-order valence-electron chi connectivity index (χ4n) is 3.09. The SMILES string of the molecule is CC(C)(C)S[C@@]1(O[Si](C)(C)C(C)(C)C)[C@@H](c2ccc(C#N)cc2)OC1(C)C. The Morgan fingerprint density at radius 3 is 1.96 bits per heavy atom. The molecule has 1 fully saturated rings. The van der Waals surface area contributed by atoms with Crippen molar-refractivity contribution in [2.24, 2.45) is 0 Å². The van der Waals surface area contributed by atoms with E-state index in [2.05, 4.69) is 74.6 Å². The summed E-state index contributed by atoms with van der Waals surface area (Å²) < 4.78 is 13.6. The first-order chi connectivity index (χ1) is 12.0. The second kappa shape index (κ2) is 6.91. The van der Waals surface area contributed by atoms with E-state index < -0.39 is 18.9 Å². The second-order valence-electron chi connectivity index (χ2n) is 10.5. The highest BCUT2D eigenvalue weighted by Gasteiger charge is 2.68. The maximum atomic E-state index is 9.11. The molecule has 0 aliphatic carbocycles. The lowest BCUT2D eigenvalue weighted by Crippen LogP contribution is -2.70. The Bertz CT molecular complexity index is 723. The van der Waals surface area contributed by atoms with Crippen LogP contribution in [0.25, 0.3) is 0 Å². The molecule has 1 aromatic rings. The van der Waals surface area contributed by atoms with Gasteiger partial charge in [-0.15, -0.1) is 11.8 Å². The third-order valence-corrected chi connectivity index (χ3v) is 11.9. The summed E-state index contributed by atoms with van der Waals surface area (Å²) >= 11 is 1.88. The molecule has 1 aromatic carbocycles. The molecule has 150 valence electrons. The molecular weight excluding hydrogens is 370 g/mol. The summed E-state index contributed by atoms with van der Waals surface area (Å²) in [6.07, 6.45) is -0.154. The van der Waals surface area contributed by atoms with Gasteiger partial charge in [0, 0.05) is 4.75 Å². The summed E-state index contributed by atoms with van der Waals surface area (Å²) in [5, 5.41) is 9.23.